The second-order valence-corrected chi connectivity index (χ2v) is 7.73. The number of ether oxygens (including phenoxy) is 2. The van der Waals surface area contributed by atoms with Gasteiger partial charge >= 0.3 is 5.97 Å². The van der Waals surface area contributed by atoms with E-state index in [1.807, 2.05) is 6.92 Å². The number of unbranched alkanes of at least 4 members (excludes halogenated alkanes) is 3. The molecule has 1 N–H and O–H groups in total. The molecule has 5 nitrogen and oxygen atoms in total. The number of hydrogen-bond donors (Lipinski definition) is 1. The Morgan fingerprint density at radius 2 is 1.96 bits per heavy atom. The lowest BCUT2D eigenvalue weighted by Gasteiger charge is -2.26. The second kappa shape index (κ2) is 13.2. The Morgan fingerprint density at radius 3 is 2.58 bits per heavy atom. The molecule has 0 fully saturated rings. The molecule has 0 saturated carbocycles. The van der Waals surface area contributed by atoms with Gasteiger partial charge in [-0.25, -0.2) is 9.78 Å². The molecule has 1 heterocycles. The highest BCUT2D eigenvalue weighted by Crippen LogP contribution is 2.28. The second-order valence-electron chi connectivity index (χ2n) is 6.84. The lowest BCUT2D eigenvalue weighted by molar-refractivity contribution is 0.0430. The molecule has 0 aliphatic rings. The first-order valence-corrected chi connectivity index (χ1v) is 10.9. The van der Waals surface area contributed by atoms with E-state index < -0.39 is 0 Å². The van der Waals surface area contributed by atoms with Crippen molar-refractivity contribution in [3.05, 3.63) is 16.1 Å². The van der Waals surface area contributed by atoms with Crippen LogP contribution in [-0.2, 0) is 9.47 Å². The van der Waals surface area contributed by atoms with Gasteiger partial charge in [0.25, 0.3) is 0 Å². The fraction of sp³-hybridized carbons (Fsp3) is 0.800. The third-order valence-corrected chi connectivity index (χ3v) is 5.30. The smallest absolute Gasteiger partial charge is 0.357 e. The predicted octanol–water partition coefficient (Wildman–Crippen LogP) is 4.98. The van der Waals surface area contributed by atoms with Crippen LogP contribution in [0.25, 0.3) is 0 Å². The molecule has 0 aliphatic heterocycles. The normalized spacial score (nSPS) is 13.8. The van der Waals surface area contributed by atoms with Gasteiger partial charge in [-0.2, -0.15) is 0 Å². The Hall–Kier alpha value is -0.980. The zero-order chi connectivity index (χ0) is 19.4. The zero-order valence-corrected chi connectivity index (χ0v) is 17.9. The van der Waals surface area contributed by atoms with Crippen LogP contribution in [0, 0.1) is 5.92 Å². The lowest BCUT2D eigenvalue weighted by atomic mass is 9.97. The molecule has 1 aromatic rings. The van der Waals surface area contributed by atoms with Crippen molar-refractivity contribution in [1.82, 2.24) is 10.3 Å². The maximum Gasteiger partial charge on any atom is 0.357 e. The maximum atomic E-state index is 11.9. The van der Waals surface area contributed by atoms with Gasteiger partial charge in [0.1, 0.15) is 11.1 Å². The largest absolute Gasteiger partial charge is 0.461 e. The minimum absolute atomic E-state index is 0.0938. The first kappa shape index (κ1) is 23.1. The average Bonchev–Trinajstić information content (AvgIpc) is 3.10. The van der Waals surface area contributed by atoms with Crippen LogP contribution in [0.1, 0.15) is 88.3 Å². The summed E-state index contributed by atoms with van der Waals surface area (Å²) < 4.78 is 11.0. The molecule has 1 aromatic heterocycles. The summed E-state index contributed by atoms with van der Waals surface area (Å²) in [5, 5.41) is 6.31. The number of aromatic nitrogens is 1. The lowest BCUT2D eigenvalue weighted by Crippen LogP contribution is -2.36. The highest BCUT2D eigenvalue weighted by atomic mass is 32.1. The molecular formula is C20H36N2O3S. The Bertz CT molecular complexity index is 505. The van der Waals surface area contributed by atoms with Gasteiger partial charge in [0.05, 0.1) is 6.61 Å². The van der Waals surface area contributed by atoms with E-state index in [4.69, 9.17) is 9.47 Å². The Morgan fingerprint density at radius 1 is 1.19 bits per heavy atom. The number of nitrogens with one attached hydrogen (secondary N) is 1. The monoisotopic (exact) mass is 384 g/mol. The summed E-state index contributed by atoms with van der Waals surface area (Å²) in [6.07, 6.45) is 5.80. The Kier molecular flexibility index (Phi) is 11.7. The summed E-state index contributed by atoms with van der Waals surface area (Å²) in [5.41, 5.74) is 0.380. The number of rotatable bonds is 14. The fourth-order valence-corrected chi connectivity index (χ4v) is 3.69. The summed E-state index contributed by atoms with van der Waals surface area (Å²) >= 11 is 1.48. The Balaban J connectivity index is 2.69. The quantitative estimate of drug-likeness (QED) is 0.362. The van der Waals surface area contributed by atoms with Gasteiger partial charge in [0.2, 0.25) is 0 Å². The van der Waals surface area contributed by atoms with Crippen molar-refractivity contribution in [3.63, 3.8) is 0 Å². The van der Waals surface area contributed by atoms with Gasteiger partial charge in [-0.15, -0.1) is 11.3 Å². The van der Waals surface area contributed by atoms with E-state index in [0.29, 0.717) is 30.9 Å². The SMILES string of the molecule is CCCCCCNC(CC(OCC)c1nc(C(=O)OCC)cs1)C(C)C. The minimum atomic E-state index is -0.361. The van der Waals surface area contributed by atoms with E-state index in [9.17, 15) is 4.79 Å². The average molecular weight is 385 g/mol. The molecular weight excluding hydrogens is 348 g/mol. The highest BCUT2D eigenvalue weighted by Gasteiger charge is 2.24. The van der Waals surface area contributed by atoms with Gasteiger partial charge in [-0.05, 0) is 39.2 Å². The summed E-state index contributed by atoms with van der Waals surface area (Å²) in [7, 11) is 0. The number of hydrogen-bond acceptors (Lipinski definition) is 6. The number of carbonyl (C=O) groups is 1. The first-order valence-electron chi connectivity index (χ1n) is 10.0. The Labute approximate surface area is 162 Å². The van der Waals surface area contributed by atoms with Crippen LogP contribution >= 0.6 is 11.3 Å². The van der Waals surface area contributed by atoms with Crippen molar-refractivity contribution in [2.75, 3.05) is 19.8 Å². The molecule has 2 atom stereocenters. The van der Waals surface area contributed by atoms with Crippen LogP contribution in [0.2, 0.25) is 0 Å². The van der Waals surface area contributed by atoms with E-state index in [1.54, 1.807) is 12.3 Å². The molecule has 6 heteroatoms. The maximum absolute atomic E-state index is 11.9. The molecule has 150 valence electrons. The van der Waals surface area contributed by atoms with Crippen molar-refractivity contribution in [1.29, 1.82) is 0 Å². The zero-order valence-electron chi connectivity index (χ0n) is 17.0. The highest BCUT2D eigenvalue weighted by molar-refractivity contribution is 7.09. The van der Waals surface area contributed by atoms with Crippen LogP contribution in [0.5, 0.6) is 0 Å². The number of thiazole rings is 1. The molecule has 26 heavy (non-hydrogen) atoms. The third-order valence-electron chi connectivity index (χ3n) is 4.36. The van der Waals surface area contributed by atoms with Crippen molar-refractivity contribution in [2.45, 2.75) is 78.9 Å². The van der Waals surface area contributed by atoms with Crippen LogP contribution < -0.4 is 5.32 Å². The molecule has 2 unspecified atom stereocenters. The summed E-state index contributed by atoms with van der Waals surface area (Å²) in [6.45, 7) is 12.5. The topological polar surface area (TPSA) is 60.5 Å². The van der Waals surface area contributed by atoms with Gasteiger partial charge in [0.15, 0.2) is 5.69 Å². The van der Waals surface area contributed by atoms with Crippen LogP contribution in [0.15, 0.2) is 5.38 Å². The van der Waals surface area contributed by atoms with E-state index in [-0.39, 0.29) is 12.1 Å². The summed E-state index contributed by atoms with van der Waals surface area (Å²) in [6, 6.07) is 0.364. The number of carbonyl (C=O) groups excluding carboxylic acids is 1. The molecule has 0 saturated heterocycles. The van der Waals surface area contributed by atoms with Crippen LogP contribution in [0.4, 0.5) is 0 Å². The van der Waals surface area contributed by atoms with E-state index >= 15 is 0 Å². The summed E-state index contributed by atoms with van der Waals surface area (Å²) in [4.78, 5) is 16.3. The van der Waals surface area contributed by atoms with Crippen molar-refractivity contribution in [3.8, 4) is 0 Å². The van der Waals surface area contributed by atoms with Crippen molar-refractivity contribution in [2.24, 2.45) is 5.92 Å². The van der Waals surface area contributed by atoms with E-state index in [1.165, 1.54) is 37.0 Å². The van der Waals surface area contributed by atoms with E-state index in [0.717, 1.165) is 18.0 Å². The first-order chi connectivity index (χ1) is 12.5. The third kappa shape index (κ3) is 8.14. The molecule has 1 rings (SSSR count). The summed E-state index contributed by atoms with van der Waals surface area (Å²) in [5.74, 6) is 0.147. The van der Waals surface area contributed by atoms with E-state index in [2.05, 4.69) is 31.1 Å². The molecule has 0 bridgehead atoms. The van der Waals surface area contributed by atoms with Crippen LogP contribution in [-0.4, -0.2) is 36.8 Å². The minimum Gasteiger partial charge on any atom is -0.461 e. The van der Waals surface area contributed by atoms with Gasteiger partial charge in [-0.3, -0.25) is 0 Å². The molecule has 0 spiro atoms. The molecule has 0 radical (unpaired) electrons. The number of nitrogens with zero attached hydrogens (tertiary/aromatic N) is 1. The fourth-order valence-electron chi connectivity index (χ4n) is 2.84. The standard InChI is InChI=1S/C20H36N2O3S/c1-6-9-10-11-12-21-16(15(4)5)13-18(24-7-2)19-22-17(14-26-19)20(23)25-8-3/h14-16,18,21H,6-13H2,1-5H3. The van der Waals surface area contributed by atoms with Gasteiger partial charge in [0, 0.05) is 18.0 Å². The van der Waals surface area contributed by atoms with Crippen molar-refractivity contribution >= 4 is 17.3 Å². The molecule has 0 amide bonds. The molecule has 0 aliphatic carbocycles. The molecule has 0 aromatic carbocycles. The van der Waals surface area contributed by atoms with Gasteiger partial charge in [-0.1, -0.05) is 40.0 Å². The number of esters is 1. The van der Waals surface area contributed by atoms with Crippen LogP contribution in [0.3, 0.4) is 0 Å². The van der Waals surface area contributed by atoms with Crippen molar-refractivity contribution < 1.29 is 14.3 Å². The predicted molar refractivity (Wildman–Crippen MR) is 108 cm³/mol. The van der Waals surface area contributed by atoms with Gasteiger partial charge < -0.3 is 14.8 Å².